The number of benzene rings is 2. The zero-order chi connectivity index (χ0) is 26.9. The first-order chi connectivity index (χ1) is 16.5. The molecule has 0 radical (unpaired) electrons. The number of amides is 1. The van der Waals surface area contributed by atoms with Crippen LogP contribution in [0.1, 0.15) is 39.2 Å². The molecule has 198 valence electrons. The van der Waals surface area contributed by atoms with Gasteiger partial charge in [0.15, 0.2) is 0 Å². The quantitative estimate of drug-likeness (QED) is 0.599. The summed E-state index contributed by atoms with van der Waals surface area (Å²) in [4.78, 5) is 11.7. The van der Waals surface area contributed by atoms with Crippen molar-refractivity contribution in [2.45, 2.75) is 66.1 Å². The molecule has 1 saturated heterocycles. The summed E-state index contributed by atoms with van der Waals surface area (Å²) in [7, 11) is -9.12. The van der Waals surface area contributed by atoms with Gasteiger partial charge in [-0.1, -0.05) is 18.2 Å². The zero-order valence-corrected chi connectivity index (χ0v) is 21.5. The number of ether oxygens (including phenoxy) is 1. The Morgan fingerprint density at radius 3 is 2.22 bits per heavy atom. The van der Waals surface area contributed by atoms with E-state index in [0.717, 1.165) is 6.07 Å². The van der Waals surface area contributed by atoms with E-state index >= 15 is 0 Å². The first-order valence-corrected chi connectivity index (χ1v) is 14.0. The summed E-state index contributed by atoms with van der Waals surface area (Å²) in [5.74, 6) is 0. The van der Waals surface area contributed by atoms with Gasteiger partial charge in [-0.2, -0.15) is 13.2 Å². The Labute approximate surface area is 208 Å². The molecular weight excluding hydrogens is 521 g/mol. The number of piperidine rings is 1. The number of carbonyl (C=O) groups is 1. The minimum atomic E-state index is -5.06. The molecule has 0 saturated carbocycles. The molecule has 1 heterocycles. The van der Waals surface area contributed by atoms with Gasteiger partial charge in [-0.3, -0.25) is 0 Å². The lowest BCUT2D eigenvalue weighted by atomic mass is 10.1. The van der Waals surface area contributed by atoms with Crippen LogP contribution in [0.4, 0.5) is 18.0 Å². The van der Waals surface area contributed by atoms with Gasteiger partial charge >= 0.3 is 12.3 Å². The van der Waals surface area contributed by atoms with E-state index in [-0.39, 0.29) is 17.9 Å². The highest BCUT2D eigenvalue weighted by Crippen LogP contribution is 2.36. The van der Waals surface area contributed by atoms with Crippen molar-refractivity contribution in [3.8, 4) is 0 Å². The molecule has 0 unspecified atom stereocenters. The Balaban J connectivity index is 1.95. The van der Waals surface area contributed by atoms with Crippen molar-refractivity contribution in [3.05, 3.63) is 54.1 Å². The van der Waals surface area contributed by atoms with Gasteiger partial charge in [0.2, 0.25) is 19.9 Å². The third-order valence-electron chi connectivity index (χ3n) is 5.31. The molecule has 0 aromatic heterocycles. The molecule has 1 fully saturated rings. The predicted molar refractivity (Wildman–Crippen MR) is 124 cm³/mol. The molecule has 1 aliphatic rings. The fourth-order valence-electron chi connectivity index (χ4n) is 3.71. The fraction of sp³-hybridized carbons (Fsp3) is 0.435. The van der Waals surface area contributed by atoms with Crippen molar-refractivity contribution in [1.82, 2.24) is 9.62 Å². The SMILES string of the molecule is CC(C)(C)OC(=O)N1CCC[C@@H](NS(=O)(=O)c2cc(S(=O)(=O)c3ccccc3)ccc2C(F)(F)F)C1. The molecule has 0 aliphatic carbocycles. The van der Waals surface area contributed by atoms with E-state index in [1.807, 2.05) is 0 Å². The Bertz CT molecular complexity index is 1320. The molecule has 8 nitrogen and oxygen atoms in total. The van der Waals surface area contributed by atoms with E-state index in [0.29, 0.717) is 25.1 Å². The van der Waals surface area contributed by atoms with E-state index in [9.17, 15) is 34.8 Å². The average molecular weight is 549 g/mol. The number of nitrogens with zero attached hydrogens (tertiary/aromatic N) is 1. The number of likely N-dealkylation sites (tertiary alicyclic amines) is 1. The second kappa shape index (κ2) is 10.0. The second-order valence-corrected chi connectivity index (χ2v) is 13.0. The van der Waals surface area contributed by atoms with Crippen molar-refractivity contribution in [2.75, 3.05) is 13.1 Å². The summed E-state index contributed by atoms with van der Waals surface area (Å²) in [6, 6.07) is 7.75. The van der Waals surface area contributed by atoms with Crippen molar-refractivity contribution >= 4 is 26.0 Å². The van der Waals surface area contributed by atoms with Gasteiger partial charge in [0, 0.05) is 19.1 Å². The molecule has 36 heavy (non-hydrogen) atoms. The summed E-state index contributed by atoms with van der Waals surface area (Å²) in [6.45, 7) is 5.20. The van der Waals surface area contributed by atoms with Crippen LogP contribution in [0.3, 0.4) is 0 Å². The van der Waals surface area contributed by atoms with Crippen LogP contribution in [0.25, 0.3) is 0 Å². The largest absolute Gasteiger partial charge is 0.444 e. The predicted octanol–water partition coefficient (Wildman–Crippen LogP) is 4.22. The molecule has 2 aromatic carbocycles. The number of hydrogen-bond acceptors (Lipinski definition) is 6. The minimum absolute atomic E-state index is 0.114. The van der Waals surface area contributed by atoms with Crippen molar-refractivity contribution < 1.29 is 39.5 Å². The number of hydrogen-bond donors (Lipinski definition) is 1. The molecule has 0 spiro atoms. The third kappa shape index (κ3) is 6.56. The van der Waals surface area contributed by atoms with E-state index in [1.165, 1.54) is 29.2 Å². The monoisotopic (exact) mass is 548 g/mol. The fourth-order valence-corrected chi connectivity index (χ4v) is 6.61. The maximum Gasteiger partial charge on any atom is 0.417 e. The van der Waals surface area contributed by atoms with E-state index < -0.39 is 59.1 Å². The molecule has 1 N–H and O–H groups in total. The smallest absolute Gasteiger partial charge is 0.417 e. The normalized spacial score (nSPS) is 17.6. The van der Waals surface area contributed by atoms with Crippen LogP contribution in [0.5, 0.6) is 0 Å². The number of sulfonamides is 1. The summed E-state index contributed by atoms with van der Waals surface area (Å²) in [6.07, 6.45) is -5.07. The van der Waals surface area contributed by atoms with E-state index in [2.05, 4.69) is 4.72 Å². The number of sulfone groups is 1. The van der Waals surface area contributed by atoms with Gasteiger partial charge < -0.3 is 9.64 Å². The lowest BCUT2D eigenvalue weighted by molar-refractivity contribution is -0.139. The number of nitrogens with one attached hydrogen (secondary N) is 1. The molecule has 3 rings (SSSR count). The van der Waals surface area contributed by atoms with Crippen molar-refractivity contribution in [3.63, 3.8) is 0 Å². The number of carbonyl (C=O) groups excluding carboxylic acids is 1. The Kier molecular flexibility index (Phi) is 7.78. The number of halogens is 3. The Morgan fingerprint density at radius 2 is 1.64 bits per heavy atom. The minimum Gasteiger partial charge on any atom is -0.444 e. The molecule has 2 aromatic rings. The topological polar surface area (TPSA) is 110 Å². The highest BCUT2D eigenvalue weighted by molar-refractivity contribution is 7.91. The van der Waals surface area contributed by atoms with Crippen molar-refractivity contribution in [1.29, 1.82) is 0 Å². The van der Waals surface area contributed by atoms with Gasteiger partial charge in [-0.15, -0.1) is 0 Å². The molecule has 1 atom stereocenters. The van der Waals surface area contributed by atoms with Crippen molar-refractivity contribution in [2.24, 2.45) is 0 Å². The van der Waals surface area contributed by atoms with E-state index in [1.54, 1.807) is 26.8 Å². The highest BCUT2D eigenvalue weighted by Gasteiger charge is 2.39. The average Bonchev–Trinajstić information content (AvgIpc) is 2.77. The van der Waals surface area contributed by atoms with Crippen LogP contribution >= 0.6 is 0 Å². The Morgan fingerprint density at radius 1 is 1.00 bits per heavy atom. The maximum absolute atomic E-state index is 13.7. The van der Waals surface area contributed by atoms with E-state index in [4.69, 9.17) is 4.74 Å². The summed E-state index contributed by atoms with van der Waals surface area (Å²) in [5.41, 5.74) is -2.28. The lowest BCUT2D eigenvalue weighted by Gasteiger charge is -2.34. The number of rotatable bonds is 5. The van der Waals surface area contributed by atoms with Gasteiger partial charge in [-0.05, 0) is 63.9 Å². The summed E-state index contributed by atoms with van der Waals surface area (Å²) < 4.78 is 101. The molecule has 1 amide bonds. The third-order valence-corrected chi connectivity index (χ3v) is 8.63. The van der Waals surface area contributed by atoms with Gasteiger partial charge in [0.1, 0.15) is 5.60 Å². The summed E-state index contributed by atoms with van der Waals surface area (Å²) in [5, 5.41) is 0. The van der Waals surface area contributed by atoms with Crippen LogP contribution in [0.2, 0.25) is 0 Å². The molecule has 13 heteroatoms. The van der Waals surface area contributed by atoms with Gasteiger partial charge in [0.25, 0.3) is 0 Å². The first kappa shape index (κ1) is 27.9. The Hall–Kier alpha value is -2.64. The standard InChI is InChI=1S/C23H27F3N2O6S2/c1-22(2,3)34-21(29)28-13-7-8-16(15-28)27-36(32,33)20-14-18(11-12-19(20)23(24,25)26)35(30,31)17-9-5-4-6-10-17/h4-6,9-12,14,16,27H,7-8,13,15H2,1-3H3/t16-/m1/s1. The van der Waals surface area contributed by atoms with Crippen LogP contribution in [0.15, 0.2) is 63.2 Å². The first-order valence-electron chi connectivity index (χ1n) is 11.0. The highest BCUT2D eigenvalue weighted by atomic mass is 32.2. The van der Waals surface area contributed by atoms with Crippen LogP contribution in [-0.4, -0.2) is 52.6 Å². The number of alkyl halides is 3. The van der Waals surface area contributed by atoms with Crippen LogP contribution < -0.4 is 4.72 Å². The summed E-state index contributed by atoms with van der Waals surface area (Å²) >= 11 is 0. The van der Waals surface area contributed by atoms with Gasteiger partial charge in [0.05, 0.1) is 20.2 Å². The maximum atomic E-state index is 13.7. The van der Waals surface area contributed by atoms with Crippen LogP contribution in [-0.2, 0) is 30.8 Å². The van der Waals surface area contributed by atoms with Crippen LogP contribution in [0, 0.1) is 0 Å². The zero-order valence-electron chi connectivity index (χ0n) is 19.9. The second-order valence-electron chi connectivity index (χ2n) is 9.36. The molecule has 0 bridgehead atoms. The molecular formula is C23H27F3N2O6S2. The molecule has 1 aliphatic heterocycles. The van der Waals surface area contributed by atoms with Gasteiger partial charge in [-0.25, -0.2) is 26.4 Å². The lowest BCUT2D eigenvalue weighted by Crippen LogP contribution is -2.50.